The third kappa shape index (κ3) is 0.765. The molecule has 0 N–H and O–H groups in total. The van der Waals surface area contributed by atoms with Crippen LogP contribution in [0.3, 0.4) is 0 Å². The fraction of sp³-hybridized carbons (Fsp3) is 1.00. The lowest BCUT2D eigenvalue weighted by atomic mass is 9.64. The summed E-state index contributed by atoms with van der Waals surface area (Å²) in [5.74, 6) is 0.789. The van der Waals surface area contributed by atoms with Crippen LogP contribution in [0, 0.1) is 11.3 Å². The van der Waals surface area contributed by atoms with Gasteiger partial charge in [-0.3, -0.25) is 0 Å². The molecule has 0 saturated carbocycles. The van der Waals surface area contributed by atoms with Crippen molar-refractivity contribution in [2.45, 2.75) is 12.5 Å². The largest absolute Gasteiger partial charge is 0.368 e. The average Bonchev–Trinajstić information content (AvgIpc) is 2.84. The van der Waals surface area contributed by atoms with Crippen LogP contribution in [0.15, 0.2) is 0 Å². The van der Waals surface area contributed by atoms with Crippen LogP contribution in [0.1, 0.15) is 6.92 Å². The van der Waals surface area contributed by atoms with Crippen molar-refractivity contribution in [2.75, 3.05) is 45.9 Å². The summed E-state index contributed by atoms with van der Waals surface area (Å²) in [5, 5.41) is 0. The molecule has 14 heavy (non-hydrogen) atoms. The van der Waals surface area contributed by atoms with Crippen molar-refractivity contribution in [3.8, 4) is 0 Å². The SMILES string of the molecule is CC12CN3CCN(CC(C3)C13CO3)C2. The van der Waals surface area contributed by atoms with Crippen molar-refractivity contribution < 1.29 is 4.74 Å². The number of hydrogen-bond acceptors (Lipinski definition) is 3. The molecule has 1 spiro atoms. The molecule has 0 aromatic rings. The Labute approximate surface area is 85.0 Å². The van der Waals surface area contributed by atoms with Gasteiger partial charge in [0.1, 0.15) is 5.60 Å². The van der Waals surface area contributed by atoms with Gasteiger partial charge in [0.2, 0.25) is 0 Å². The number of piperidine rings is 2. The monoisotopic (exact) mass is 194 g/mol. The summed E-state index contributed by atoms with van der Waals surface area (Å²) in [5.41, 5.74) is 0.717. The van der Waals surface area contributed by atoms with Crippen LogP contribution in [0.2, 0.25) is 0 Å². The van der Waals surface area contributed by atoms with E-state index in [0.717, 1.165) is 12.5 Å². The van der Waals surface area contributed by atoms with E-state index >= 15 is 0 Å². The van der Waals surface area contributed by atoms with Crippen LogP contribution >= 0.6 is 0 Å². The van der Waals surface area contributed by atoms with E-state index in [1.165, 1.54) is 39.3 Å². The highest BCUT2D eigenvalue weighted by Crippen LogP contribution is 2.56. The Morgan fingerprint density at radius 1 is 1.14 bits per heavy atom. The molecule has 5 fully saturated rings. The van der Waals surface area contributed by atoms with Gasteiger partial charge in [0, 0.05) is 50.6 Å². The summed E-state index contributed by atoms with van der Waals surface area (Å²) in [7, 11) is 0. The van der Waals surface area contributed by atoms with Crippen LogP contribution in [0.25, 0.3) is 0 Å². The van der Waals surface area contributed by atoms with Gasteiger partial charge in [-0.1, -0.05) is 6.92 Å². The first-order valence-corrected chi connectivity index (χ1v) is 5.81. The lowest BCUT2D eigenvalue weighted by Crippen LogP contribution is -2.64. The summed E-state index contributed by atoms with van der Waals surface area (Å²) < 4.78 is 5.88. The third-order valence-electron chi connectivity index (χ3n) is 4.97. The smallest absolute Gasteiger partial charge is 0.105 e. The maximum absolute atomic E-state index is 5.88. The van der Waals surface area contributed by atoms with E-state index in [1.807, 2.05) is 0 Å². The normalized spacial score (nSPS) is 64.5. The predicted octanol–water partition coefficient (Wildman–Crippen LogP) is 0.0227. The van der Waals surface area contributed by atoms with E-state index < -0.39 is 0 Å². The van der Waals surface area contributed by atoms with E-state index in [0.29, 0.717) is 11.0 Å². The summed E-state index contributed by atoms with van der Waals surface area (Å²) in [6.07, 6.45) is 0. The molecule has 3 unspecified atom stereocenters. The number of nitrogens with zero attached hydrogens (tertiary/aromatic N) is 2. The highest BCUT2D eigenvalue weighted by Gasteiger charge is 2.69. The number of ether oxygens (including phenoxy) is 1. The second-order valence-corrected chi connectivity index (χ2v) is 5.91. The van der Waals surface area contributed by atoms with Crippen LogP contribution < -0.4 is 0 Å². The Balaban J connectivity index is 1.82. The molecule has 0 aliphatic carbocycles. The molecule has 0 aromatic carbocycles. The number of rotatable bonds is 0. The fourth-order valence-corrected chi connectivity index (χ4v) is 4.19. The maximum Gasteiger partial charge on any atom is 0.105 e. The summed E-state index contributed by atoms with van der Waals surface area (Å²) >= 11 is 0. The average molecular weight is 194 g/mol. The first-order valence-electron chi connectivity index (χ1n) is 5.81. The van der Waals surface area contributed by atoms with Gasteiger partial charge >= 0.3 is 0 Å². The molecule has 5 aliphatic rings. The molecule has 4 bridgehead atoms. The lowest BCUT2D eigenvalue weighted by molar-refractivity contribution is -0.0675. The van der Waals surface area contributed by atoms with Crippen LogP contribution in [-0.4, -0.2) is 61.3 Å². The second kappa shape index (κ2) is 2.18. The zero-order chi connectivity index (χ0) is 9.39. The highest BCUT2D eigenvalue weighted by molar-refractivity contribution is 5.19. The number of hydrogen-bond donors (Lipinski definition) is 0. The first-order chi connectivity index (χ1) is 6.72. The molecule has 78 valence electrons. The standard InChI is InChI=1S/C11H18N2O/c1-10-6-12-2-3-13(7-10)5-9(4-12)11(10)8-14-11/h9H,2-8H2,1H3. The van der Waals surface area contributed by atoms with E-state index in [9.17, 15) is 0 Å². The topological polar surface area (TPSA) is 19.0 Å². The van der Waals surface area contributed by atoms with Gasteiger partial charge in [-0.2, -0.15) is 0 Å². The van der Waals surface area contributed by atoms with Crippen molar-refractivity contribution in [3.05, 3.63) is 0 Å². The Kier molecular flexibility index (Phi) is 1.26. The molecule has 3 heteroatoms. The van der Waals surface area contributed by atoms with Crippen LogP contribution in [-0.2, 0) is 4.74 Å². The van der Waals surface area contributed by atoms with Crippen LogP contribution in [0.5, 0.6) is 0 Å². The maximum atomic E-state index is 5.88. The van der Waals surface area contributed by atoms with Gasteiger partial charge in [-0.25, -0.2) is 0 Å². The van der Waals surface area contributed by atoms with Gasteiger partial charge in [0.25, 0.3) is 0 Å². The van der Waals surface area contributed by atoms with Crippen molar-refractivity contribution in [1.29, 1.82) is 0 Å². The lowest BCUT2D eigenvalue weighted by Gasteiger charge is -2.52. The summed E-state index contributed by atoms with van der Waals surface area (Å²) in [6, 6.07) is 0. The molecule has 3 nitrogen and oxygen atoms in total. The quantitative estimate of drug-likeness (QED) is 0.507. The molecule has 5 heterocycles. The van der Waals surface area contributed by atoms with E-state index in [4.69, 9.17) is 4.74 Å². The van der Waals surface area contributed by atoms with Crippen molar-refractivity contribution >= 4 is 0 Å². The first kappa shape index (κ1) is 8.08. The van der Waals surface area contributed by atoms with Gasteiger partial charge in [-0.05, 0) is 0 Å². The van der Waals surface area contributed by atoms with E-state index in [1.54, 1.807) is 0 Å². The van der Waals surface area contributed by atoms with Crippen molar-refractivity contribution in [1.82, 2.24) is 9.80 Å². The van der Waals surface area contributed by atoms with E-state index in [-0.39, 0.29) is 0 Å². The Morgan fingerprint density at radius 3 is 2.14 bits per heavy atom. The molecular formula is C11H18N2O. The van der Waals surface area contributed by atoms with Crippen molar-refractivity contribution in [2.24, 2.45) is 11.3 Å². The minimum Gasteiger partial charge on any atom is -0.368 e. The molecule has 0 aromatic heterocycles. The highest BCUT2D eigenvalue weighted by atomic mass is 16.6. The summed E-state index contributed by atoms with van der Waals surface area (Å²) in [6.45, 7) is 11.1. The molecule has 5 aliphatic heterocycles. The van der Waals surface area contributed by atoms with Crippen molar-refractivity contribution in [3.63, 3.8) is 0 Å². The van der Waals surface area contributed by atoms with Gasteiger partial charge in [-0.15, -0.1) is 0 Å². The molecule has 5 rings (SSSR count). The minimum absolute atomic E-state index is 0.296. The number of fused-ring (bicyclic) bond motifs is 1. The third-order valence-corrected chi connectivity index (χ3v) is 4.97. The Bertz CT molecular complexity index is 271. The zero-order valence-electron chi connectivity index (χ0n) is 8.83. The van der Waals surface area contributed by atoms with Gasteiger partial charge in [0.15, 0.2) is 0 Å². The molecular weight excluding hydrogens is 176 g/mol. The second-order valence-electron chi connectivity index (χ2n) is 5.91. The minimum atomic E-state index is 0.296. The van der Waals surface area contributed by atoms with Gasteiger partial charge < -0.3 is 14.5 Å². The molecule has 5 saturated heterocycles. The Morgan fingerprint density at radius 2 is 1.71 bits per heavy atom. The van der Waals surface area contributed by atoms with E-state index in [2.05, 4.69) is 16.7 Å². The van der Waals surface area contributed by atoms with Gasteiger partial charge in [0.05, 0.1) is 6.61 Å². The van der Waals surface area contributed by atoms with Crippen LogP contribution in [0.4, 0.5) is 0 Å². The molecule has 0 radical (unpaired) electrons. The zero-order valence-corrected chi connectivity index (χ0v) is 8.83. The predicted molar refractivity (Wildman–Crippen MR) is 53.2 cm³/mol. The fourth-order valence-electron chi connectivity index (χ4n) is 4.19. The molecule has 0 amide bonds. The molecule has 3 atom stereocenters. The Hall–Kier alpha value is -0.120. The summed E-state index contributed by atoms with van der Waals surface area (Å²) in [4.78, 5) is 5.31. The number of epoxide rings is 1.